The molecule has 0 bridgehead atoms. The molecule has 1 aliphatic heterocycles. The molecule has 136 valence electrons. The number of benzene rings is 2. The quantitative estimate of drug-likeness (QED) is 0.648. The molecule has 2 aromatic rings. The number of anilines is 1. The van der Waals surface area contributed by atoms with Crippen molar-refractivity contribution in [2.45, 2.75) is 30.2 Å². The molecule has 0 saturated carbocycles. The average Bonchev–Trinajstić information content (AvgIpc) is 2.60. The number of hydrogen-bond acceptors (Lipinski definition) is 5. The van der Waals surface area contributed by atoms with Gasteiger partial charge in [0.25, 0.3) is 15.7 Å². The highest BCUT2D eigenvalue weighted by Gasteiger charge is 2.39. The Balaban J connectivity index is 2.10. The van der Waals surface area contributed by atoms with Crippen LogP contribution in [-0.4, -0.2) is 25.3 Å². The summed E-state index contributed by atoms with van der Waals surface area (Å²) in [5, 5.41) is 10.8. The molecule has 0 saturated heterocycles. The summed E-state index contributed by atoms with van der Waals surface area (Å²) in [5.74, 6) is -1.07. The first kappa shape index (κ1) is 17.9. The number of sulfonamides is 1. The summed E-state index contributed by atoms with van der Waals surface area (Å²) in [5.41, 5.74) is 6.25. The molecule has 0 aromatic heterocycles. The van der Waals surface area contributed by atoms with Crippen LogP contribution < -0.4 is 10.0 Å². The van der Waals surface area contributed by atoms with Crippen molar-refractivity contribution in [3.05, 3.63) is 64.2 Å². The third-order valence-electron chi connectivity index (χ3n) is 4.47. The maximum atomic E-state index is 13.2. The van der Waals surface area contributed by atoms with Gasteiger partial charge in [-0.2, -0.15) is 0 Å². The molecule has 1 aliphatic rings. The zero-order valence-corrected chi connectivity index (χ0v) is 14.7. The first-order valence-corrected chi connectivity index (χ1v) is 9.34. The molecule has 3 rings (SSSR count). The normalized spacial score (nSPS) is 19.7. The molecule has 2 aromatic carbocycles. The lowest BCUT2D eigenvalue weighted by molar-refractivity contribution is -0.384. The van der Waals surface area contributed by atoms with Gasteiger partial charge in [-0.05, 0) is 37.1 Å². The van der Waals surface area contributed by atoms with Crippen LogP contribution in [0.1, 0.15) is 24.8 Å². The Kier molecular flexibility index (Phi) is 4.41. The fraction of sp³-hybridized carbons (Fsp3) is 0.235. The van der Waals surface area contributed by atoms with E-state index in [0.717, 1.165) is 12.1 Å². The van der Waals surface area contributed by atoms with Crippen LogP contribution in [0.15, 0.2) is 53.4 Å². The highest BCUT2D eigenvalue weighted by molar-refractivity contribution is 7.92. The topological polar surface area (TPSA) is 124 Å². The Morgan fingerprint density at radius 1 is 1.19 bits per heavy atom. The zero-order valence-electron chi connectivity index (χ0n) is 13.9. The Morgan fingerprint density at radius 3 is 2.38 bits per heavy atom. The number of rotatable bonds is 4. The number of nitrogens with zero attached hydrogens (tertiary/aromatic N) is 2. The summed E-state index contributed by atoms with van der Waals surface area (Å²) in [6.45, 7) is 1.70. The monoisotopic (exact) mass is 375 g/mol. The predicted molar refractivity (Wildman–Crippen MR) is 95.2 cm³/mol. The van der Waals surface area contributed by atoms with E-state index in [9.17, 15) is 23.3 Å². The fourth-order valence-electron chi connectivity index (χ4n) is 3.27. The van der Waals surface area contributed by atoms with Gasteiger partial charge in [0.2, 0.25) is 5.91 Å². The SMILES string of the molecule is CC1CC(C(N)=O)c2ccccc2N1S(=O)(=O)c1ccc([N+](=O)[O-])cc1. The van der Waals surface area contributed by atoms with E-state index in [-0.39, 0.29) is 17.0 Å². The second-order valence-electron chi connectivity index (χ2n) is 6.15. The first-order chi connectivity index (χ1) is 12.2. The van der Waals surface area contributed by atoms with Crippen molar-refractivity contribution in [1.82, 2.24) is 0 Å². The number of fused-ring (bicyclic) bond motifs is 1. The summed E-state index contributed by atoms with van der Waals surface area (Å²) in [6, 6.07) is 11.0. The fourth-order valence-corrected chi connectivity index (χ4v) is 4.97. The van der Waals surface area contributed by atoms with E-state index in [4.69, 9.17) is 5.73 Å². The predicted octanol–water partition coefficient (Wildman–Crippen LogP) is 2.15. The van der Waals surface area contributed by atoms with E-state index >= 15 is 0 Å². The van der Waals surface area contributed by atoms with Crippen LogP contribution in [0.4, 0.5) is 11.4 Å². The van der Waals surface area contributed by atoms with Crippen LogP contribution in [0.2, 0.25) is 0 Å². The number of para-hydroxylation sites is 1. The number of amides is 1. The van der Waals surface area contributed by atoms with Crippen LogP contribution in [0.25, 0.3) is 0 Å². The molecule has 1 heterocycles. The molecule has 1 amide bonds. The molecule has 0 spiro atoms. The Hall–Kier alpha value is -2.94. The largest absolute Gasteiger partial charge is 0.369 e. The Bertz CT molecular complexity index is 972. The number of carbonyl (C=O) groups excluding carboxylic acids is 1. The summed E-state index contributed by atoms with van der Waals surface area (Å²) >= 11 is 0. The maximum Gasteiger partial charge on any atom is 0.269 e. The number of non-ortho nitro benzene ring substituents is 1. The van der Waals surface area contributed by atoms with E-state index in [1.165, 1.54) is 16.4 Å². The van der Waals surface area contributed by atoms with E-state index < -0.39 is 32.8 Å². The zero-order chi connectivity index (χ0) is 19.1. The van der Waals surface area contributed by atoms with Gasteiger partial charge in [0, 0.05) is 18.2 Å². The lowest BCUT2D eigenvalue weighted by atomic mass is 9.87. The first-order valence-electron chi connectivity index (χ1n) is 7.90. The average molecular weight is 375 g/mol. The van der Waals surface area contributed by atoms with E-state index in [1.54, 1.807) is 31.2 Å². The van der Waals surface area contributed by atoms with Gasteiger partial charge in [0.15, 0.2) is 0 Å². The minimum Gasteiger partial charge on any atom is -0.369 e. The van der Waals surface area contributed by atoms with Crippen molar-refractivity contribution in [2.75, 3.05) is 4.31 Å². The highest BCUT2D eigenvalue weighted by Crippen LogP contribution is 2.41. The molecule has 2 atom stereocenters. The standard InChI is InChI=1S/C17H17N3O5S/c1-11-10-15(17(18)21)14-4-2-3-5-16(14)19(11)26(24,25)13-8-6-12(7-9-13)20(22)23/h2-9,11,15H,10H2,1H3,(H2,18,21). The van der Waals surface area contributed by atoms with Crippen molar-refractivity contribution >= 4 is 27.3 Å². The molecule has 2 unspecified atom stereocenters. The molecule has 9 heteroatoms. The summed E-state index contributed by atoms with van der Waals surface area (Å²) in [4.78, 5) is 21.9. The van der Waals surface area contributed by atoms with Crippen molar-refractivity contribution in [2.24, 2.45) is 5.73 Å². The van der Waals surface area contributed by atoms with Crippen LogP contribution in [0.5, 0.6) is 0 Å². The van der Waals surface area contributed by atoms with Crippen molar-refractivity contribution in [1.29, 1.82) is 0 Å². The minimum absolute atomic E-state index is 0.0534. The highest BCUT2D eigenvalue weighted by atomic mass is 32.2. The third-order valence-corrected chi connectivity index (χ3v) is 6.42. The Morgan fingerprint density at radius 2 is 1.81 bits per heavy atom. The van der Waals surface area contributed by atoms with Gasteiger partial charge in [-0.15, -0.1) is 0 Å². The van der Waals surface area contributed by atoms with Gasteiger partial charge < -0.3 is 5.73 Å². The van der Waals surface area contributed by atoms with Gasteiger partial charge in [-0.25, -0.2) is 8.42 Å². The summed E-state index contributed by atoms with van der Waals surface area (Å²) < 4.78 is 27.6. The Labute approximate surface area is 150 Å². The van der Waals surface area contributed by atoms with E-state index in [2.05, 4.69) is 0 Å². The number of nitro benzene ring substituents is 1. The number of carbonyl (C=O) groups is 1. The molecular weight excluding hydrogens is 358 g/mol. The summed E-state index contributed by atoms with van der Waals surface area (Å²) in [7, 11) is -3.96. The second kappa shape index (κ2) is 6.41. The molecule has 0 radical (unpaired) electrons. The van der Waals surface area contributed by atoms with Crippen molar-refractivity contribution in [3.8, 4) is 0 Å². The molecule has 26 heavy (non-hydrogen) atoms. The number of hydrogen-bond donors (Lipinski definition) is 1. The second-order valence-corrected chi connectivity index (χ2v) is 7.97. The molecular formula is C17H17N3O5S. The lowest BCUT2D eigenvalue weighted by Crippen LogP contribution is -2.45. The van der Waals surface area contributed by atoms with E-state index in [1.807, 2.05) is 0 Å². The molecule has 8 nitrogen and oxygen atoms in total. The molecule has 0 aliphatic carbocycles. The van der Waals surface area contributed by atoms with Gasteiger partial charge in [0.05, 0.1) is 21.4 Å². The van der Waals surface area contributed by atoms with Gasteiger partial charge in [0.1, 0.15) is 0 Å². The van der Waals surface area contributed by atoms with Gasteiger partial charge >= 0.3 is 0 Å². The maximum absolute atomic E-state index is 13.2. The van der Waals surface area contributed by atoms with E-state index in [0.29, 0.717) is 11.3 Å². The number of primary amides is 1. The molecule has 0 fully saturated rings. The number of nitro groups is 1. The lowest BCUT2D eigenvalue weighted by Gasteiger charge is -2.38. The third kappa shape index (κ3) is 2.90. The number of nitrogens with two attached hydrogens (primary N) is 1. The van der Waals surface area contributed by atoms with Gasteiger partial charge in [-0.1, -0.05) is 18.2 Å². The van der Waals surface area contributed by atoms with Crippen molar-refractivity contribution in [3.63, 3.8) is 0 Å². The van der Waals surface area contributed by atoms with Crippen LogP contribution in [0.3, 0.4) is 0 Å². The van der Waals surface area contributed by atoms with Crippen LogP contribution in [-0.2, 0) is 14.8 Å². The van der Waals surface area contributed by atoms with Crippen LogP contribution >= 0.6 is 0 Å². The van der Waals surface area contributed by atoms with Gasteiger partial charge in [-0.3, -0.25) is 19.2 Å². The minimum atomic E-state index is -3.96. The van der Waals surface area contributed by atoms with Crippen LogP contribution in [0, 0.1) is 10.1 Å². The van der Waals surface area contributed by atoms with Crippen molar-refractivity contribution < 1.29 is 18.1 Å². The summed E-state index contributed by atoms with van der Waals surface area (Å²) in [6.07, 6.45) is 0.262. The smallest absolute Gasteiger partial charge is 0.269 e. The molecule has 2 N–H and O–H groups in total.